The summed E-state index contributed by atoms with van der Waals surface area (Å²) in [6.45, 7) is 2.48. The zero-order valence-corrected chi connectivity index (χ0v) is 16.3. The zero-order valence-electron chi connectivity index (χ0n) is 16.3. The Morgan fingerprint density at radius 1 is 1.13 bits per heavy atom. The van der Waals surface area contributed by atoms with Crippen LogP contribution in [0.25, 0.3) is 5.69 Å². The molecule has 0 saturated heterocycles. The highest BCUT2D eigenvalue weighted by Gasteiger charge is 2.17. The molecule has 0 radical (unpaired) electrons. The molecule has 0 bridgehead atoms. The summed E-state index contributed by atoms with van der Waals surface area (Å²) in [5, 5.41) is 6.82. The maximum Gasteiger partial charge on any atom is 0.338 e. The van der Waals surface area contributed by atoms with Crippen LogP contribution < -0.4 is 14.8 Å². The van der Waals surface area contributed by atoms with Crippen molar-refractivity contribution >= 4 is 11.9 Å². The number of ether oxygens (including phenoxy) is 3. The summed E-state index contributed by atoms with van der Waals surface area (Å²) in [5.41, 5.74) is 1.96. The lowest BCUT2D eigenvalue weighted by Crippen LogP contribution is -2.31. The second kappa shape index (κ2) is 8.64. The van der Waals surface area contributed by atoms with E-state index in [0.29, 0.717) is 30.3 Å². The van der Waals surface area contributed by atoms with Gasteiger partial charge in [0.2, 0.25) is 0 Å². The molecule has 1 N–H and O–H groups in total. The number of rotatable bonds is 6. The summed E-state index contributed by atoms with van der Waals surface area (Å²) in [4.78, 5) is 28.3. The quantitative estimate of drug-likeness (QED) is 0.623. The van der Waals surface area contributed by atoms with Crippen molar-refractivity contribution < 1.29 is 23.8 Å². The van der Waals surface area contributed by atoms with E-state index in [1.54, 1.807) is 35.3 Å². The number of hydrogen-bond donors (Lipinski definition) is 1. The molecule has 4 rings (SSSR count). The van der Waals surface area contributed by atoms with Gasteiger partial charge in [0.1, 0.15) is 25.9 Å². The summed E-state index contributed by atoms with van der Waals surface area (Å²) in [6, 6.07) is 11.9. The first kappa shape index (κ1) is 19.4. The van der Waals surface area contributed by atoms with E-state index in [1.807, 2.05) is 25.1 Å². The normalized spacial score (nSPS) is 13.4. The number of amides is 1. The maximum absolute atomic E-state index is 12.2. The summed E-state index contributed by atoms with van der Waals surface area (Å²) in [7, 11) is 0. The van der Waals surface area contributed by atoms with E-state index in [4.69, 9.17) is 14.2 Å². The van der Waals surface area contributed by atoms with Gasteiger partial charge in [0.05, 0.1) is 17.3 Å². The minimum absolute atomic E-state index is 0.283. The Morgan fingerprint density at radius 3 is 2.63 bits per heavy atom. The number of nitrogens with one attached hydrogen (secondary N) is 1. The van der Waals surface area contributed by atoms with Crippen LogP contribution in [0, 0.1) is 0 Å². The summed E-state index contributed by atoms with van der Waals surface area (Å²) in [5.74, 6) is 0.361. The summed E-state index contributed by atoms with van der Waals surface area (Å²) < 4.78 is 17.7. The van der Waals surface area contributed by atoms with Crippen LogP contribution in [0.4, 0.5) is 0 Å². The third kappa shape index (κ3) is 4.40. The van der Waals surface area contributed by atoms with E-state index in [0.717, 1.165) is 11.3 Å². The molecule has 154 valence electrons. The van der Waals surface area contributed by atoms with Crippen molar-refractivity contribution in [3.05, 3.63) is 66.2 Å². The molecule has 1 aliphatic heterocycles. The van der Waals surface area contributed by atoms with E-state index in [-0.39, 0.29) is 12.6 Å². The Bertz CT molecular complexity index is 1030. The van der Waals surface area contributed by atoms with Gasteiger partial charge in [0, 0.05) is 0 Å². The first-order valence-corrected chi connectivity index (χ1v) is 9.41. The predicted octanol–water partition coefficient (Wildman–Crippen LogP) is 2.07. The largest absolute Gasteiger partial charge is 0.486 e. The van der Waals surface area contributed by atoms with Crippen LogP contribution in [0.3, 0.4) is 0 Å². The number of aromatic nitrogens is 3. The second-order valence-corrected chi connectivity index (χ2v) is 6.66. The Balaban J connectivity index is 1.29. The Hall–Kier alpha value is -3.88. The SMILES string of the molecule is C[C@H](NC(=O)COC(=O)c1ccc(-n2cncn2)cc1)c1ccc2c(c1)OCCO2. The van der Waals surface area contributed by atoms with Crippen molar-refractivity contribution in [1.29, 1.82) is 0 Å². The standard InChI is InChI=1S/C21H20N4O5/c1-14(16-4-7-18-19(10-16)29-9-8-28-18)24-20(26)11-30-21(27)15-2-5-17(6-3-15)25-13-22-12-23-25/h2-7,10,12-14H,8-9,11H2,1H3,(H,24,26)/t14-/m0/s1. The Kier molecular flexibility index (Phi) is 5.60. The molecule has 2 heterocycles. The fraction of sp³-hybridized carbons (Fsp3) is 0.238. The van der Waals surface area contributed by atoms with Crippen molar-refractivity contribution in [1.82, 2.24) is 20.1 Å². The highest BCUT2D eigenvalue weighted by Crippen LogP contribution is 2.32. The van der Waals surface area contributed by atoms with Crippen molar-refractivity contribution in [3.63, 3.8) is 0 Å². The van der Waals surface area contributed by atoms with E-state index >= 15 is 0 Å². The number of esters is 1. The van der Waals surface area contributed by atoms with Crippen molar-refractivity contribution in [3.8, 4) is 17.2 Å². The van der Waals surface area contributed by atoms with Crippen LogP contribution in [0.15, 0.2) is 55.1 Å². The number of carbonyl (C=O) groups is 2. The molecule has 9 heteroatoms. The molecule has 3 aromatic rings. The second-order valence-electron chi connectivity index (χ2n) is 6.66. The van der Waals surface area contributed by atoms with Gasteiger partial charge in [-0.1, -0.05) is 6.07 Å². The Morgan fingerprint density at radius 2 is 1.90 bits per heavy atom. The molecule has 1 aromatic heterocycles. The van der Waals surface area contributed by atoms with Crippen molar-refractivity contribution in [2.45, 2.75) is 13.0 Å². The van der Waals surface area contributed by atoms with Crippen molar-refractivity contribution in [2.75, 3.05) is 19.8 Å². The molecular weight excluding hydrogens is 388 g/mol. The molecule has 30 heavy (non-hydrogen) atoms. The smallest absolute Gasteiger partial charge is 0.338 e. The van der Waals surface area contributed by atoms with Gasteiger partial charge in [-0.15, -0.1) is 0 Å². The van der Waals surface area contributed by atoms with Gasteiger partial charge in [0.25, 0.3) is 5.91 Å². The van der Waals surface area contributed by atoms with Crippen LogP contribution in [0.1, 0.15) is 28.9 Å². The number of fused-ring (bicyclic) bond motifs is 1. The third-order valence-electron chi connectivity index (χ3n) is 4.56. The van der Waals surface area contributed by atoms with Crippen LogP contribution >= 0.6 is 0 Å². The molecule has 0 saturated carbocycles. The molecule has 0 spiro atoms. The van der Waals surface area contributed by atoms with Crippen LogP contribution in [-0.2, 0) is 9.53 Å². The fourth-order valence-corrected chi connectivity index (χ4v) is 3.00. The molecule has 2 aromatic carbocycles. The molecule has 1 atom stereocenters. The van der Waals surface area contributed by atoms with Crippen LogP contribution in [0.5, 0.6) is 11.5 Å². The fourth-order valence-electron chi connectivity index (χ4n) is 3.00. The molecule has 1 amide bonds. The van der Waals surface area contributed by atoms with Gasteiger partial charge >= 0.3 is 5.97 Å². The first-order chi connectivity index (χ1) is 14.6. The highest BCUT2D eigenvalue weighted by molar-refractivity contribution is 5.91. The molecule has 0 fully saturated rings. The lowest BCUT2D eigenvalue weighted by molar-refractivity contribution is -0.124. The van der Waals surface area contributed by atoms with Gasteiger partial charge < -0.3 is 19.5 Å². The van der Waals surface area contributed by atoms with Gasteiger partial charge in [-0.2, -0.15) is 5.10 Å². The average Bonchev–Trinajstić information content (AvgIpc) is 3.32. The van der Waals surface area contributed by atoms with E-state index in [9.17, 15) is 9.59 Å². The monoisotopic (exact) mass is 408 g/mol. The van der Waals surface area contributed by atoms with Gasteiger partial charge in [-0.05, 0) is 48.9 Å². The number of carbonyl (C=O) groups excluding carboxylic acids is 2. The molecule has 1 aliphatic rings. The van der Waals surface area contributed by atoms with Crippen molar-refractivity contribution in [2.24, 2.45) is 0 Å². The number of nitrogens with zero attached hydrogens (tertiary/aromatic N) is 3. The van der Waals surface area contributed by atoms with E-state index < -0.39 is 11.9 Å². The molecule has 0 unspecified atom stereocenters. The predicted molar refractivity (Wildman–Crippen MR) is 106 cm³/mol. The first-order valence-electron chi connectivity index (χ1n) is 9.41. The number of benzene rings is 2. The minimum atomic E-state index is -0.581. The lowest BCUT2D eigenvalue weighted by Gasteiger charge is -2.21. The minimum Gasteiger partial charge on any atom is -0.486 e. The molecular formula is C21H20N4O5. The van der Waals surface area contributed by atoms with Gasteiger partial charge in [-0.25, -0.2) is 14.5 Å². The van der Waals surface area contributed by atoms with E-state index in [2.05, 4.69) is 15.4 Å². The third-order valence-corrected chi connectivity index (χ3v) is 4.56. The van der Waals surface area contributed by atoms with Crippen LogP contribution in [0.2, 0.25) is 0 Å². The van der Waals surface area contributed by atoms with Gasteiger partial charge in [-0.3, -0.25) is 4.79 Å². The lowest BCUT2D eigenvalue weighted by atomic mass is 10.1. The Labute approximate surface area is 172 Å². The summed E-state index contributed by atoms with van der Waals surface area (Å²) in [6.07, 6.45) is 2.98. The highest BCUT2D eigenvalue weighted by atomic mass is 16.6. The topological polar surface area (TPSA) is 105 Å². The zero-order chi connectivity index (χ0) is 20.9. The number of hydrogen-bond acceptors (Lipinski definition) is 7. The maximum atomic E-state index is 12.2. The van der Waals surface area contributed by atoms with Crippen LogP contribution in [-0.4, -0.2) is 46.5 Å². The molecule has 9 nitrogen and oxygen atoms in total. The molecule has 0 aliphatic carbocycles. The average molecular weight is 408 g/mol. The van der Waals surface area contributed by atoms with E-state index in [1.165, 1.54) is 6.33 Å². The van der Waals surface area contributed by atoms with Gasteiger partial charge in [0.15, 0.2) is 18.1 Å². The summed E-state index contributed by atoms with van der Waals surface area (Å²) >= 11 is 0.